The highest BCUT2D eigenvalue weighted by Crippen LogP contribution is 2.22. The fourth-order valence-corrected chi connectivity index (χ4v) is 4.97. The molecule has 0 radical (unpaired) electrons. The average Bonchev–Trinajstić information content (AvgIpc) is 3.13. The van der Waals surface area contributed by atoms with E-state index in [1.54, 1.807) is 34.9 Å². The number of nitro benzene ring substituents is 1. The Morgan fingerprint density at radius 1 is 1.19 bits per heavy atom. The number of thioether (sulfide) groups is 1. The zero-order valence-corrected chi connectivity index (χ0v) is 19.0. The molecule has 0 aliphatic heterocycles. The van der Waals surface area contributed by atoms with E-state index >= 15 is 0 Å². The van der Waals surface area contributed by atoms with Gasteiger partial charge >= 0.3 is 0 Å². The normalized spacial score (nSPS) is 11.3. The first-order valence-electron chi connectivity index (χ1n) is 9.58. The first kappa shape index (κ1) is 23.4. The van der Waals surface area contributed by atoms with Gasteiger partial charge in [-0.05, 0) is 32.0 Å². The summed E-state index contributed by atoms with van der Waals surface area (Å²) < 4.78 is 27.1. The molecule has 0 atom stereocenters. The molecular weight excluding hydrogens is 454 g/mol. The van der Waals surface area contributed by atoms with Crippen LogP contribution in [0.15, 0.2) is 58.6 Å². The maximum absolute atomic E-state index is 12.7. The molecule has 0 bridgehead atoms. The molecule has 1 heterocycles. The van der Waals surface area contributed by atoms with Crippen molar-refractivity contribution in [1.82, 2.24) is 14.8 Å². The number of hydrogen-bond acceptors (Lipinski definition) is 8. The van der Waals surface area contributed by atoms with E-state index in [-0.39, 0.29) is 33.8 Å². The fraction of sp³-hybridized carbons (Fsp3) is 0.250. The number of nitrogens with zero attached hydrogens (tertiary/aromatic N) is 4. The number of nitrogens with one attached hydrogen (secondary N) is 1. The molecule has 0 aliphatic rings. The van der Waals surface area contributed by atoms with Crippen molar-refractivity contribution in [2.24, 2.45) is 0 Å². The van der Waals surface area contributed by atoms with E-state index in [0.717, 1.165) is 17.3 Å². The van der Waals surface area contributed by atoms with Crippen molar-refractivity contribution >= 4 is 38.9 Å². The fourth-order valence-electron chi connectivity index (χ4n) is 2.87. The van der Waals surface area contributed by atoms with Gasteiger partial charge in [-0.2, -0.15) is 0 Å². The molecular formula is C20H21N5O5S2. The van der Waals surface area contributed by atoms with Crippen molar-refractivity contribution in [1.29, 1.82) is 0 Å². The lowest BCUT2D eigenvalue weighted by Crippen LogP contribution is -2.15. The molecule has 1 aromatic heterocycles. The zero-order valence-electron chi connectivity index (χ0n) is 17.4. The number of aromatic nitrogens is 3. The van der Waals surface area contributed by atoms with Crippen LogP contribution in [0.25, 0.3) is 0 Å². The predicted octanol–water partition coefficient (Wildman–Crippen LogP) is 3.22. The molecule has 0 spiro atoms. The number of carbonyl (C=O) groups excluding carboxylic acids is 1. The van der Waals surface area contributed by atoms with E-state index in [1.165, 1.54) is 18.2 Å². The monoisotopic (exact) mass is 475 g/mol. The van der Waals surface area contributed by atoms with Gasteiger partial charge in [0.2, 0.25) is 5.91 Å². The second kappa shape index (κ2) is 9.92. The largest absolute Gasteiger partial charge is 0.325 e. The summed E-state index contributed by atoms with van der Waals surface area (Å²) in [6, 6.07) is 12.2. The Hall–Kier alpha value is -3.25. The van der Waals surface area contributed by atoms with Crippen molar-refractivity contribution in [3.8, 4) is 0 Å². The van der Waals surface area contributed by atoms with Crippen molar-refractivity contribution in [2.45, 2.75) is 36.2 Å². The molecule has 0 saturated carbocycles. The third-order valence-corrected chi connectivity index (χ3v) is 7.08. The number of sulfone groups is 1. The Labute approximate surface area is 189 Å². The first-order chi connectivity index (χ1) is 15.2. The number of anilines is 1. The molecule has 32 heavy (non-hydrogen) atoms. The molecule has 1 amide bonds. The van der Waals surface area contributed by atoms with Crippen LogP contribution in [0.4, 0.5) is 11.4 Å². The molecule has 12 heteroatoms. The minimum absolute atomic E-state index is 0.0223. The van der Waals surface area contributed by atoms with Crippen LogP contribution in [0, 0.1) is 17.0 Å². The average molecular weight is 476 g/mol. The summed E-state index contributed by atoms with van der Waals surface area (Å²) in [5.41, 5.74) is 1.15. The second-order valence-corrected chi connectivity index (χ2v) is 9.79. The molecule has 3 aromatic rings. The summed E-state index contributed by atoms with van der Waals surface area (Å²) in [6.07, 6.45) is 0. The van der Waals surface area contributed by atoms with Gasteiger partial charge in [0.05, 0.1) is 15.6 Å². The molecule has 0 unspecified atom stereocenters. The number of hydrogen-bond donors (Lipinski definition) is 1. The Kier molecular flexibility index (Phi) is 7.26. The van der Waals surface area contributed by atoms with E-state index in [9.17, 15) is 23.3 Å². The third kappa shape index (κ3) is 5.71. The van der Waals surface area contributed by atoms with Crippen LogP contribution in [-0.2, 0) is 26.9 Å². The maximum atomic E-state index is 12.7. The van der Waals surface area contributed by atoms with Gasteiger partial charge in [-0.3, -0.25) is 14.9 Å². The Balaban J connectivity index is 1.67. The highest BCUT2D eigenvalue weighted by molar-refractivity contribution is 7.99. The Bertz CT molecular complexity index is 1240. The summed E-state index contributed by atoms with van der Waals surface area (Å²) >= 11 is 1.10. The molecule has 0 fully saturated rings. The number of amides is 1. The van der Waals surface area contributed by atoms with Gasteiger partial charge in [-0.15, -0.1) is 10.2 Å². The van der Waals surface area contributed by atoms with Gasteiger partial charge in [-0.1, -0.05) is 35.5 Å². The quantitative estimate of drug-likeness (QED) is 0.283. The van der Waals surface area contributed by atoms with Crippen LogP contribution < -0.4 is 5.32 Å². The summed E-state index contributed by atoms with van der Waals surface area (Å²) in [5, 5.41) is 21.9. The van der Waals surface area contributed by atoms with Crippen molar-refractivity contribution in [3.05, 3.63) is 70.0 Å². The zero-order chi connectivity index (χ0) is 23.3. The molecule has 1 N–H and O–H groups in total. The van der Waals surface area contributed by atoms with Gasteiger partial charge in [-0.25, -0.2) is 8.42 Å². The predicted molar refractivity (Wildman–Crippen MR) is 120 cm³/mol. The lowest BCUT2D eigenvalue weighted by Gasteiger charge is -2.09. The molecule has 0 saturated heterocycles. The van der Waals surface area contributed by atoms with Crippen LogP contribution in [0.5, 0.6) is 0 Å². The van der Waals surface area contributed by atoms with Crippen molar-refractivity contribution in [3.63, 3.8) is 0 Å². The van der Waals surface area contributed by atoms with Gasteiger partial charge in [0.25, 0.3) is 5.69 Å². The van der Waals surface area contributed by atoms with E-state index in [2.05, 4.69) is 15.5 Å². The van der Waals surface area contributed by atoms with Gasteiger partial charge in [0.15, 0.2) is 15.0 Å². The van der Waals surface area contributed by atoms with Crippen LogP contribution in [0.2, 0.25) is 0 Å². The Morgan fingerprint density at radius 2 is 1.91 bits per heavy atom. The van der Waals surface area contributed by atoms with Crippen LogP contribution in [0.1, 0.15) is 18.3 Å². The minimum atomic E-state index is -3.60. The van der Waals surface area contributed by atoms with E-state index in [0.29, 0.717) is 17.4 Å². The summed E-state index contributed by atoms with van der Waals surface area (Å²) in [6.45, 7) is 4.14. The maximum Gasteiger partial charge on any atom is 0.271 e. The van der Waals surface area contributed by atoms with Gasteiger partial charge in [0, 0.05) is 24.4 Å². The smallest absolute Gasteiger partial charge is 0.271 e. The minimum Gasteiger partial charge on any atom is -0.325 e. The number of non-ortho nitro benzene ring substituents is 1. The van der Waals surface area contributed by atoms with Crippen LogP contribution in [-0.4, -0.2) is 39.8 Å². The second-order valence-electron chi connectivity index (χ2n) is 6.86. The number of carbonyl (C=O) groups is 1. The summed E-state index contributed by atoms with van der Waals surface area (Å²) in [5.74, 6) is -0.423. The first-order valence-corrected chi connectivity index (χ1v) is 12.2. The van der Waals surface area contributed by atoms with Crippen molar-refractivity contribution in [2.75, 3.05) is 11.1 Å². The summed E-state index contributed by atoms with van der Waals surface area (Å²) in [4.78, 5) is 22.8. The van der Waals surface area contributed by atoms with Crippen LogP contribution in [0.3, 0.4) is 0 Å². The van der Waals surface area contributed by atoms with Crippen LogP contribution >= 0.6 is 11.8 Å². The lowest BCUT2D eigenvalue weighted by molar-refractivity contribution is -0.384. The number of nitro groups is 1. The lowest BCUT2D eigenvalue weighted by atomic mass is 10.2. The van der Waals surface area contributed by atoms with Gasteiger partial charge < -0.3 is 9.88 Å². The molecule has 3 rings (SSSR count). The summed E-state index contributed by atoms with van der Waals surface area (Å²) in [7, 11) is -3.60. The third-order valence-electron chi connectivity index (χ3n) is 4.48. The standard InChI is InChI=1S/C20H21N5O5S2/c1-3-24-18(13-32(29,30)17-9-7-14(2)8-10-17)22-23-20(24)31-12-19(26)21-15-5-4-6-16(11-15)25(27)28/h4-11H,3,12-13H2,1-2H3,(H,21,26). The molecule has 10 nitrogen and oxygen atoms in total. The highest BCUT2D eigenvalue weighted by Gasteiger charge is 2.21. The SMILES string of the molecule is CCn1c(CS(=O)(=O)c2ccc(C)cc2)nnc1SCC(=O)Nc1cccc([N+](=O)[O-])c1. The number of rotatable bonds is 9. The Morgan fingerprint density at radius 3 is 2.56 bits per heavy atom. The number of benzene rings is 2. The highest BCUT2D eigenvalue weighted by atomic mass is 32.2. The van der Waals surface area contributed by atoms with E-state index in [4.69, 9.17) is 0 Å². The topological polar surface area (TPSA) is 137 Å². The molecule has 2 aromatic carbocycles. The van der Waals surface area contributed by atoms with E-state index < -0.39 is 14.8 Å². The molecule has 0 aliphatic carbocycles. The van der Waals surface area contributed by atoms with Crippen molar-refractivity contribution < 1.29 is 18.1 Å². The molecule has 168 valence electrons. The van der Waals surface area contributed by atoms with Gasteiger partial charge in [0.1, 0.15) is 11.6 Å². The number of aryl methyl sites for hydroxylation is 1. The van der Waals surface area contributed by atoms with E-state index in [1.807, 2.05) is 13.8 Å².